The number of fused-ring (bicyclic) bond motifs is 1. The van der Waals surface area contributed by atoms with E-state index in [0.717, 1.165) is 23.3 Å². The highest BCUT2D eigenvalue weighted by atomic mass is 32.2. The molecular weight excluding hydrogens is 381 g/mol. The van der Waals surface area contributed by atoms with Crippen molar-refractivity contribution in [2.24, 2.45) is 0 Å². The van der Waals surface area contributed by atoms with E-state index in [4.69, 9.17) is 0 Å². The van der Waals surface area contributed by atoms with Gasteiger partial charge >= 0.3 is 0 Å². The Morgan fingerprint density at radius 3 is 2.41 bits per heavy atom. The highest BCUT2D eigenvalue weighted by Crippen LogP contribution is 2.27. The molecule has 0 bridgehead atoms. The summed E-state index contributed by atoms with van der Waals surface area (Å²) >= 11 is 1.60. The fourth-order valence-corrected chi connectivity index (χ4v) is 4.92. The zero-order valence-corrected chi connectivity index (χ0v) is 17.3. The van der Waals surface area contributed by atoms with Crippen molar-refractivity contribution >= 4 is 28.4 Å². The Kier molecular flexibility index (Phi) is 6.50. The maximum Gasteiger partial charge on any atom is 0.233 e. The topological polar surface area (TPSA) is 20.3 Å². The summed E-state index contributed by atoms with van der Waals surface area (Å²) < 4.78 is 13.3. The zero-order valence-electron chi connectivity index (χ0n) is 16.5. The van der Waals surface area contributed by atoms with Crippen LogP contribution in [0.2, 0.25) is 0 Å². The number of hydrogen-bond acceptors (Lipinski definition) is 2. The van der Waals surface area contributed by atoms with Crippen LogP contribution in [0.3, 0.4) is 0 Å². The first-order valence-corrected chi connectivity index (χ1v) is 11.3. The van der Waals surface area contributed by atoms with Gasteiger partial charge in [-0.3, -0.25) is 4.79 Å². The van der Waals surface area contributed by atoms with Crippen molar-refractivity contribution in [2.75, 3.05) is 5.75 Å². The third-order valence-electron chi connectivity index (χ3n) is 5.69. The van der Waals surface area contributed by atoms with Crippen LogP contribution in [0.1, 0.15) is 37.7 Å². The number of carbonyl (C=O) groups is 1. The van der Waals surface area contributed by atoms with Crippen LogP contribution >= 0.6 is 11.8 Å². The second-order valence-corrected chi connectivity index (χ2v) is 8.79. The monoisotopic (exact) mass is 407 g/mol. The number of halogens is 1. The van der Waals surface area contributed by atoms with Gasteiger partial charge in [-0.1, -0.05) is 61.7 Å². The molecular formula is C25H26FNOS. The van der Waals surface area contributed by atoms with Gasteiger partial charge in [0, 0.05) is 17.5 Å². The largest absolute Gasteiger partial charge is 0.335 e. The van der Waals surface area contributed by atoms with Gasteiger partial charge in [-0.15, -0.1) is 11.8 Å². The van der Waals surface area contributed by atoms with Gasteiger partial charge in [0.05, 0.1) is 5.75 Å². The van der Waals surface area contributed by atoms with Crippen molar-refractivity contribution in [2.45, 2.75) is 49.6 Å². The molecule has 1 amide bonds. The molecule has 4 rings (SSSR count). The summed E-state index contributed by atoms with van der Waals surface area (Å²) in [7, 11) is 0. The highest BCUT2D eigenvalue weighted by molar-refractivity contribution is 8.00. The number of thioether (sulfide) groups is 1. The van der Waals surface area contributed by atoms with Gasteiger partial charge in [0.1, 0.15) is 5.82 Å². The van der Waals surface area contributed by atoms with Crippen molar-refractivity contribution in [3.63, 3.8) is 0 Å². The van der Waals surface area contributed by atoms with Crippen LogP contribution in [0.4, 0.5) is 4.39 Å². The van der Waals surface area contributed by atoms with Crippen molar-refractivity contribution in [3.8, 4) is 0 Å². The molecule has 3 aromatic rings. The molecule has 0 aliphatic heterocycles. The predicted octanol–water partition coefficient (Wildman–Crippen LogP) is 6.43. The van der Waals surface area contributed by atoms with Crippen LogP contribution in [0.25, 0.3) is 10.8 Å². The van der Waals surface area contributed by atoms with Crippen molar-refractivity contribution < 1.29 is 9.18 Å². The molecule has 3 aromatic carbocycles. The molecule has 0 saturated heterocycles. The number of benzene rings is 3. The molecule has 0 atom stereocenters. The average Bonchev–Trinajstić information content (AvgIpc) is 2.77. The molecule has 1 aliphatic carbocycles. The quantitative estimate of drug-likeness (QED) is 0.439. The number of amides is 1. The summed E-state index contributed by atoms with van der Waals surface area (Å²) in [6.45, 7) is 0.558. The zero-order chi connectivity index (χ0) is 20.1. The first-order chi connectivity index (χ1) is 14.2. The number of rotatable bonds is 6. The lowest BCUT2D eigenvalue weighted by Crippen LogP contribution is -2.41. The van der Waals surface area contributed by atoms with E-state index < -0.39 is 0 Å². The van der Waals surface area contributed by atoms with Gasteiger partial charge in [0.15, 0.2) is 0 Å². The van der Waals surface area contributed by atoms with Crippen LogP contribution in [0.15, 0.2) is 71.6 Å². The molecule has 0 radical (unpaired) electrons. The molecule has 1 saturated carbocycles. The van der Waals surface area contributed by atoms with Crippen LogP contribution in [0, 0.1) is 5.82 Å². The first-order valence-electron chi connectivity index (χ1n) is 10.3. The second-order valence-electron chi connectivity index (χ2n) is 7.74. The Morgan fingerprint density at radius 2 is 1.66 bits per heavy atom. The Balaban J connectivity index is 1.46. The molecule has 2 nitrogen and oxygen atoms in total. The smallest absolute Gasteiger partial charge is 0.233 e. The summed E-state index contributed by atoms with van der Waals surface area (Å²) in [4.78, 5) is 16.3. The molecule has 1 aliphatic rings. The minimum absolute atomic E-state index is 0.166. The number of nitrogens with zero attached hydrogens (tertiary/aromatic N) is 1. The standard InChI is InChI=1S/C25H26FNOS/c26-22-13-10-19(11-14-22)17-27(23-8-2-1-3-9-23)25(28)18-29-24-15-12-20-6-4-5-7-21(20)16-24/h4-7,10-16,23H,1-3,8-9,17-18H2. The van der Waals surface area contributed by atoms with Crippen LogP contribution in [-0.2, 0) is 11.3 Å². The number of hydrogen-bond donors (Lipinski definition) is 0. The summed E-state index contributed by atoms with van der Waals surface area (Å²) in [6.07, 6.45) is 5.73. The molecule has 4 heteroatoms. The molecule has 0 spiro atoms. The normalized spacial score (nSPS) is 14.8. The summed E-state index contributed by atoms with van der Waals surface area (Å²) in [5.41, 5.74) is 0.987. The lowest BCUT2D eigenvalue weighted by atomic mass is 9.94. The van der Waals surface area contributed by atoms with E-state index in [1.54, 1.807) is 23.9 Å². The highest BCUT2D eigenvalue weighted by Gasteiger charge is 2.25. The van der Waals surface area contributed by atoms with Gasteiger partial charge in [-0.25, -0.2) is 4.39 Å². The van der Waals surface area contributed by atoms with E-state index in [2.05, 4.69) is 30.3 Å². The first kappa shape index (κ1) is 20.0. The Morgan fingerprint density at radius 1 is 0.931 bits per heavy atom. The minimum atomic E-state index is -0.240. The summed E-state index contributed by atoms with van der Waals surface area (Å²) in [5, 5.41) is 2.41. The minimum Gasteiger partial charge on any atom is -0.335 e. The molecule has 0 aromatic heterocycles. The average molecular weight is 408 g/mol. The third-order valence-corrected chi connectivity index (χ3v) is 6.66. The molecule has 0 N–H and O–H groups in total. The van der Waals surface area contributed by atoms with Crippen molar-refractivity contribution in [1.29, 1.82) is 0 Å². The maximum absolute atomic E-state index is 13.3. The molecule has 0 unspecified atom stereocenters. The van der Waals surface area contributed by atoms with E-state index in [0.29, 0.717) is 18.3 Å². The molecule has 29 heavy (non-hydrogen) atoms. The van der Waals surface area contributed by atoms with E-state index in [1.807, 2.05) is 17.0 Å². The van der Waals surface area contributed by atoms with Gasteiger partial charge < -0.3 is 4.90 Å². The van der Waals surface area contributed by atoms with Gasteiger partial charge in [-0.05, 0) is 53.4 Å². The van der Waals surface area contributed by atoms with E-state index >= 15 is 0 Å². The SMILES string of the molecule is O=C(CSc1ccc2ccccc2c1)N(Cc1ccc(F)cc1)C1CCCCC1. The summed E-state index contributed by atoms with van der Waals surface area (Å²) in [6, 6.07) is 21.4. The predicted molar refractivity (Wildman–Crippen MR) is 118 cm³/mol. The van der Waals surface area contributed by atoms with Crippen LogP contribution in [-0.4, -0.2) is 22.6 Å². The molecule has 1 fully saturated rings. The van der Waals surface area contributed by atoms with Crippen LogP contribution in [0.5, 0.6) is 0 Å². The lowest BCUT2D eigenvalue weighted by molar-refractivity contribution is -0.132. The lowest BCUT2D eigenvalue weighted by Gasteiger charge is -2.34. The van der Waals surface area contributed by atoms with E-state index in [9.17, 15) is 9.18 Å². The Labute approximate surface area is 176 Å². The van der Waals surface area contributed by atoms with E-state index in [1.165, 1.54) is 42.2 Å². The Bertz CT molecular complexity index is 966. The van der Waals surface area contributed by atoms with Gasteiger partial charge in [-0.2, -0.15) is 0 Å². The van der Waals surface area contributed by atoms with Gasteiger partial charge in [0.2, 0.25) is 5.91 Å². The second kappa shape index (κ2) is 9.45. The fourth-order valence-electron chi connectivity index (χ4n) is 4.09. The van der Waals surface area contributed by atoms with E-state index in [-0.39, 0.29) is 11.7 Å². The summed E-state index contributed by atoms with van der Waals surface area (Å²) in [5.74, 6) is 0.353. The fraction of sp³-hybridized carbons (Fsp3) is 0.320. The van der Waals surface area contributed by atoms with Crippen molar-refractivity contribution in [3.05, 3.63) is 78.1 Å². The van der Waals surface area contributed by atoms with Crippen LogP contribution < -0.4 is 0 Å². The molecule has 150 valence electrons. The number of carbonyl (C=O) groups excluding carboxylic acids is 1. The van der Waals surface area contributed by atoms with Crippen molar-refractivity contribution in [1.82, 2.24) is 4.90 Å². The molecule has 0 heterocycles. The maximum atomic E-state index is 13.3. The van der Waals surface area contributed by atoms with Gasteiger partial charge in [0.25, 0.3) is 0 Å². The third kappa shape index (κ3) is 5.18. The Hall–Kier alpha value is -2.33.